The summed E-state index contributed by atoms with van der Waals surface area (Å²) >= 11 is 3.39. The molecule has 2 aromatic rings. The van der Waals surface area contributed by atoms with Gasteiger partial charge in [-0.1, -0.05) is 32.1 Å². The van der Waals surface area contributed by atoms with Crippen molar-refractivity contribution in [2.45, 2.75) is 51.5 Å². The Morgan fingerprint density at radius 3 is 2.52 bits per heavy atom. The second-order valence-electron chi connectivity index (χ2n) is 5.40. The number of ether oxygens (including phenoxy) is 1. The van der Waals surface area contributed by atoms with Crippen LogP contribution in [0.2, 0.25) is 0 Å². The predicted molar refractivity (Wildman–Crippen MR) is 89.4 cm³/mol. The van der Waals surface area contributed by atoms with Crippen molar-refractivity contribution in [3.05, 3.63) is 23.1 Å². The molecule has 0 amide bonds. The highest BCUT2D eigenvalue weighted by atomic mass is 79.9. The zero-order valence-corrected chi connectivity index (χ0v) is 14.3. The third-order valence-electron chi connectivity index (χ3n) is 3.71. The van der Waals surface area contributed by atoms with Crippen LogP contribution in [0.1, 0.15) is 44.9 Å². The number of unbranched alkanes of at least 4 members (excludes halogenated alkanes) is 6. The minimum atomic E-state index is 0.864. The normalized spacial score (nSPS) is 11.3. The van der Waals surface area contributed by atoms with Crippen LogP contribution in [0.25, 0.3) is 10.9 Å². The van der Waals surface area contributed by atoms with Gasteiger partial charge in [-0.25, -0.2) is 4.98 Å². The molecule has 0 aromatic carbocycles. The fraction of sp³-hybridized carbons (Fsp3) is 0.625. The number of aromatic nitrogens is 3. The molecule has 2 aromatic heterocycles. The van der Waals surface area contributed by atoms with Gasteiger partial charge in [0.05, 0.1) is 17.9 Å². The van der Waals surface area contributed by atoms with E-state index < -0.39 is 0 Å². The number of hydrogen-bond donors (Lipinski definition) is 0. The van der Waals surface area contributed by atoms with E-state index in [9.17, 15) is 0 Å². The fourth-order valence-corrected chi connectivity index (χ4v) is 2.87. The molecule has 0 unspecified atom stereocenters. The first-order valence-electron chi connectivity index (χ1n) is 7.77. The van der Waals surface area contributed by atoms with Gasteiger partial charge in [0.1, 0.15) is 4.60 Å². The second kappa shape index (κ2) is 9.15. The van der Waals surface area contributed by atoms with Crippen molar-refractivity contribution < 1.29 is 4.74 Å². The van der Waals surface area contributed by atoms with Crippen LogP contribution in [0.4, 0.5) is 0 Å². The molecule has 4 nitrogen and oxygen atoms in total. The molecule has 2 rings (SSSR count). The summed E-state index contributed by atoms with van der Waals surface area (Å²) in [4.78, 5) is 4.28. The van der Waals surface area contributed by atoms with E-state index in [0.717, 1.165) is 28.7 Å². The number of nitrogens with zero attached hydrogens (tertiary/aromatic N) is 3. The van der Waals surface area contributed by atoms with Gasteiger partial charge in [0, 0.05) is 25.6 Å². The van der Waals surface area contributed by atoms with Crippen LogP contribution < -0.4 is 0 Å². The minimum Gasteiger partial charge on any atom is -0.385 e. The Labute approximate surface area is 135 Å². The van der Waals surface area contributed by atoms with Crippen LogP contribution in [0, 0.1) is 0 Å². The van der Waals surface area contributed by atoms with Gasteiger partial charge in [-0.15, -0.1) is 0 Å². The van der Waals surface area contributed by atoms with Gasteiger partial charge in [-0.3, -0.25) is 4.68 Å². The van der Waals surface area contributed by atoms with E-state index in [0.29, 0.717) is 0 Å². The summed E-state index contributed by atoms with van der Waals surface area (Å²) in [6, 6.07) is 2.01. The maximum absolute atomic E-state index is 5.05. The summed E-state index contributed by atoms with van der Waals surface area (Å²) in [5, 5.41) is 5.59. The maximum atomic E-state index is 5.05. The molecule has 116 valence electrons. The number of aryl methyl sites for hydroxylation is 1. The smallest absolute Gasteiger partial charge is 0.106 e. The summed E-state index contributed by atoms with van der Waals surface area (Å²) in [5.41, 5.74) is 1.12. The molecule has 2 heterocycles. The molecule has 0 aliphatic carbocycles. The van der Waals surface area contributed by atoms with Crippen molar-refractivity contribution in [1.82, 2.24) is 14.8 Å². The number of fused-ring (bicyclic) bond motifs is 1. The molecule has 0 spiro atoms. The number of rotatable bonds is 10. The lowest BCUT2D eigenvalue weighted by atomic mass is 10.1. The highest BCUT2D eigenvalue weighted by Crippen LogP contribution is 2.17. The van der Waals surface area contributed by atoms with Crippen LogP contribution in [-0.2, 0) is 11.3 Å². The summed E-state index contributed by atoms with van der Waals surface area (Å²) in [6.45, 7) is 1.88. The largest absolute Gasteiger partial charge is 0.385 e. The third kappa shape index (κ3) is 5.40. The summed E-state index contributed by atoms with van der Waals surface area (Å²) in [5.74, 6) is 0. The topological polar surface area (TPSA) is 39.9 Å². The van der Waals surface area contributed by atoms with Crippen LogP contribution in [0.3, 0.4) is 0 Å². The molecule has 5 heteroatoms. The average Bonchev–Trinajstić information content (AvgIpc) is 2.88. The van der Waals surface area contributed by atoms with Gasteiger partial charge < -0.3 is 4.74 Å². The van der Waals surface area contributed by atoms with Crippen LogP contribution in [0.15, 0.2) is 23.1 Å². The van der Waals surface area contributed by atoms with E-state index in [2.05, 4.69) is 30.7 Å². The van der Waals surface area contributed by atoms with E-state index in [1.165, 1.54) is 44.9 Å². The highest BCUT2D eigenvalue weighted by molar-refractivity contribution is 9.10. The fourth-order valence-electron chi connectivity index (χ4n) is 2.52. The lowest BCUT2D eigenvalue weighted by Crippen LogP contribution is -2.00. The molecule has 0 bridgehead atoms. The predicted octanol–water partition coefficient (Wildman–Crippen LogP) is 4.57. The zero-order valence-electron chi connectivity index (χ0n) is 12.7. The first-order chi connectivity index (χ1) is 10.3. The van der Waals surface area contributed by atoms with E-state index in [1.807, 2.05) is 18.5 Å². The van der Waals surface area contributed by atoms with Crippen molar-refractivity contribution >= 4 is 26.8 Å². The Hall–Kier alpha value is -0.940. The molecule has 0 aliphatic rings. The molecule has 0 saturated carbocycles. The lowest BCUT2D eigenvalue weighted by molar-refractivity contribution is 0.192. The summed E-state index contributed by atoms with van der Waals surface area (Å²) < 4.78 is 7.98. The molecule has 0 N–H and O–H groups in total. The van der Waals surface area contributed by atoms with Gasteiger partial charge in [0.15, 0.2) is 0 Å². The SMILES string of the molecule is COCCCCCCCCCn1ncc2cc(Br)ncc21. The molecular weight excluding hydrogens is 330 g/mol. The molecule has 21 heavy (non-hydrogen) atoms. The summed E-state index contributed by atoms with van der Waals surface area (Å²) in [6.07, 6.45) is 12.7. The average molecular weight is 354 g/mol. The molecule has 0 radical (unpaired) electrons. The van der Waals surface area contributed by atoms with Crippen molar-refractivity contribution in [1.29, 1.82) is 0 Å². The van der Waals surface area contributed by atoms with Crippen molar-refractivity contribution in [2.75, 3.05) is 13.7 Å². The number of hydrogen-bond acceptors (Lipinski definition) is 3. The maximum Gasteiger partial charge on any atom is 0.106 e. The molecule has 0 aliphatic heterocycles. The van der Waals surface area contributed by atoms with Crippen molar-refractivity contribution in [3.8, 4) is 0 Å². The Balaban J connectivity index is 1.62. The Morgan fingerprint density at radius 2 is 1.76 bits per heavy atom. The van der Waals surface area contributed by atoms with E-state index in [-0.39, 0.29) is 0 Å². The number of pyridine rings is 1. The second-order valence-corrected chi connectivity index (χ2v) is 6.21. The Morgan fingerprint density at radius 1 is 1.05 bits per heavy atom. The van der Waals surface area contributed by atoms with E-state index in [4.69, 9.17) is 4.74 Å². The zero-order chi connectivity index (χ0) is 14.9. The molecule has 0 fully saturated rings. The van der Waals surface area contributed by atoms with Crippen LogP contribution >= 0.6 is 15.9 Å². The van der Waals surface area contributed by atoms with Gasteiger partial charge in [-0.05, 0) is 34.8 Å². The van der Waals surface area contributed by atoms with Gasteiger partial charge >= 0.3 is 0 Å². The van der Waals surface area contributed by atoms with Crippen molar-refractivity contribution in [2.24, 2.45) is 0 Å². The first kappa shape index (κ1) is 16.4. The molecule has 0 atom stereocenters. The van der Waals surface area contributed by atoms with Crippen LogP contribution in [0.5, 0.6) is 0 Å². The van der Waals surface area contributed by atoms with Gasteiger partial charge in [-0.2, -0.15) is 5.10 Å². The molecular formula is C16H24BrN3O. The van der Waals surface area contributed by atoms with E-state index in [1.54, 1.807) is 7.11 Å². The van der Waals surface area contributed by atoms with Gasteiger partial charge in [0.2, 0.25) is 0 Å². The number of halogens is 1. The van der Waals surface area contributed by atoms with Crippen molar-refractivity contribution in [3.63, 3.8) is 0 Å². The first-order valence-corrected chi connectivity index (χ1v) is 8.56. The standard InChI is InChI=1S/C16H24BrN3O/c1-21-10-8-6-4-2-3-5-7-9-20-15-13-18-16(17)11-14(15)12-19-20/h11-13H,2-10H2,1H3. The Kier molecular flexibility index (Phi) is 7.16. The summed E-state index contributed by atoms with van der Waals surface area (Å²) in [7, 11) is 1.77. The molecule has 0 saturated heterocycles. The Bertz CT molecular complexity index is 541. The lowest BCUT2D eigenvalue weighted by Gasteiger charge is -2.04. The monoisotopic (exact) mass is 353 g/mol. The third-order valence-corrected chi connectivity index (χ3v) is 4.15. The van der Waals surface area contributed by atoms with Gasteiger partial charge in [0.25, 0.3) is 0 Å². The van der Waals surface area contributed by atoms with E-state index >= 15 is 0 Å². The quantitative estimate of drug-likeness (QED) is 0.463. The van der Waals surface area contributed by atoms with Crippen LogP contribution in [-0.4, -0.2) is 28.5 Å². The number of methoxy groups -OCH3 is 1. The highest BCUT2D eigenvalue weighted by Gasteiger charge is 2.03. The minimum absolute atomic E-state index is 0.864.